The first kappa shape index (κ1) is 22.4. The summed E-state index contributed by atoms with van der Waals surface area (Å²) >= 11 is 0. The van der Waals surface area contributed by atoms with E-state index in [4.69, 9.17) is 14.1 Å². The number of hydrogen-bond acceptors (Lipinski definition) is 9. The number of hydrogen-bond donors (Lipinski definition) is 2. The number of morpholine rings is 1. The van der Waals surface area contributed by atoms with Crippen LogP contribution < -0.4 is 15.5 Å². The first-order valence-electron chi connectivity index (χ1n) is 12.8. The van der Waals surface area contributed by atoms with Crippen LogP contribution in [0.25, 0.3) is 33.3 Å². The third kappa shape index (κ3) is 3.96. The second-order valence-corrected chi connectivity index (χ2v) is 10.2. The van der Waals surface area contributed by atoms with E-state index in [2.05, 4.69) is 49.6 Å². The van der Waals surface area contributed by atoms with Gasteiger partial charge >= 0.3 is 0 Å². The average molecular weight is 500 g/mol. The molecule has 3 fully saturated rings. The van der Waals surface area contributed by atoms with Gasteiger partial charge in [-0.15, -0.1) is 0 Å². The molecule has 2 bridgehead atoms. The molecular weight excluding hydrogens is 470 g/mol. The van der Waals surface area contributed by atoms with Gasteiger partial charge in [0.05, 0.1) is 30.9 Å². The molecule has 2 N–H and O–H groups in total. The van der Waals surface area contributed by atoms with Gasteiger partial charge in [0.15, 0.2) is 5.58 Å². The van der Waals surface area contributed by atoms with Gasteiger partial charge in [0.25, 0.3) is 0 Å². The lowest BCUT2D eigenvalue weighted by atomic mass is 10.0. The summed E-state index contributed by atoms with van der Waals surface area (Å²) in [6.45, 7) is 3.37. The third-order valence-corrected chi connectivity index (χ3v) is 7.81. The van der Waals surface area contributed by atoms with Crippen molar-refractivity contribution < 1.29 is 13.9 Å². The van der Waals surface area contributed by atoms with Gasteiger partial charge in [-0.05, 0) is 44.2 Å². The van der Waals surface area contributed by atoms with Crippen LogP contribution in [-0.2, 0) is 9.53 Å². The predicted octanol–water partition coefficient (Wildman–Crippen LogP) is 3.35. The summed E-state index contributed by atoms with van der Waals surface area (Å²) in [7, 11) is 4.02. The van der Waals surface area contributed by atoms with Crippen molar-refractivity contribution in [2.24, 2.45) is 5.92 Å². The highest BCUT2D eigenvalue weighted by Gasteiger charge is 2.36. The molecule has 7 rings (SSSR count). The number of oxazole rings is 1. The molecule has 37 heavy (non-hydrogen) atoms. The smallest absolute Gasteiger partial charge is 0.229 e. The maximum absolute atomic E-state index is 12.3. The number of aromatic nitrogens is 3. The number of carbonyl (C=O) groups excluding carboxylic acids is 1. The summed E-state index contributed by atoms with van der Waals surface area (Å²) < 4.78 is 12.0. The number of nitrogens with one attached hydrogen (secondary N) is 2. The topological polar surface area (TPSA) is 109 Å². The maximum atomic E-state index is 12.3. The molecular formula is C27H29N7O3. The van der Waals surface area contributed by atoms with Crippen LogP contribution in [0.4, 0.5) is 17.3 Å². The molecule has 3 aliphatic rings. The summed E-state index contributed by atoms with van der Waals surface area (Å²) in [6.07, 6.45) is 5.36. The standard InChI is InChI=1S/C27H29N7O3/c1-28-25-20-9-29-24(32-26(35)15-3-4-15)8-19(20)21(10-30-25)27-31-22-7-16(5-6-23(22)37-27)34-11-17-13-36-14-18(12-34)33(17)2/h5-10,15,17-18H,3-4,11-14H2,1-2H3,(H,28,30)(H,29,32,35). The lowest BCUT2D eigenvalue weighted by molar-refractivity contribution is -0.117. The van der Waals surface area contributed by atoms with Crippen molar-refractivity contribution in [3.8, 4) is 11.5 Å². The zero-order valence-corrected chi connectivity index (χ0v) is 20.9. The minimum atomic E-state index is 0.0188. The highest BCUT2D eigenvalue weighted by Crippen LogP contribution is 2.36. The van der Waals surface area contributed by atoms with E-state index in [-0.39, 0.29) is 11.8 Å². The van der Waals surface area contributed by atoms with Crippen molar-refractivity contribution in [2.75, 3.05) is 55.9 Å². The Morgan fingerprint density at radius 1 is 1.05 bits per heavy atom. The van der Waals surface area contributed by atoms with Gasteiger partial charge in [0, 0.05) is 54.9 Å². The van der Waals surface area contributed by atoms with Gasteiger partial charge in [-0.3, -0.25) is 9.69 Å². The number of likely N-dealkylation sites (N-methyl/N-ethyl adjacent to an activating group) is 1. The number of rotatable bonds is 5. The molecule has 10 heteroatoms. The number of benzene rings is 1. The van der Waals surface area contributed by atoms with E-state index in [1.54, 1.807) is 12.4 Å². The Bertz CT molecular complexity index is 1500. The SMILES string of the molecule is CNc1ncc(-c2nc3cc(N4CC5COCC(C4)N5C)ccc3o2)c2cc(NC(=O)C3CC3)ncc12. The van der Waals surface area contributed by atoms with E-state index < -0.39 is 0 Å². The number of fused-ring (bicyclic) bond motifs is 4. The van der Waals surface area contributed by atoms with Crippen LogP contribution in [-0.4, -0.2) is 78.2 Å². The van der Waals surface area contributed by atoms with Crippen LogP contribution in [0.1, 0.15) is 12.8 Å². The number of carbonyl (C=O) groups is 1. The van der Waals surface area contributed by atoms with E-state index in [0.29, 0.717) is 29.6 Å². The van der Waals surface area contributed by atoms with Crippen molar-refractivity contribution in [3.63, 3.8) is 0 Å². The molecule has 5 heterocycles. The summed E-state index contributed by atoms with van der Waals surface area (Å²) in [6, 6.07) is 8.86. The number of nitrogens with zero attached hydrogens (tertiary/aromatic N) is 5. The second kappa shape index (κ2) is 8.67. The maximum Gasteiger partial charge on any atom is 0.229 e. The first-order chi connectivity index (χ1) is 18.1. The van der Waals surface area contributed by atoms with Gasteiger partial charge in [-0.2, -0.15) is 0 Å². The highest BCUT2D eigenvalue weighted by atomic mass is 16.5. The molecule has 2 saturated heterocycles. The van der Waals surface area contributed by atoms with Gasteiger partial charge in [-0.1, -0.05) is 0 Å². The highest BCUT2D eigenvalue weighted by molar-refractivity contribution is 6.03. The molecule has 190 valence electrons. The number of piperazine rings is 1. The van der Waals surface area contributed by atoms with Crippen LogP contribution in [0.2, 0.25) is 0 Å². The van der Waals surface area contributed by atoms with Crippen molar-refractivity contribution >= 4 is 45.1 Å². The fourth-order valence-corrected chi connectivity index (χ4v) is 5.41. The molecule has 1 saturated carbocycles. The Kier molecular flexibility index (Phi) is 5.26. The Morgan fingerprint density at radius 3 is 2.62 bits per heavy atom. The monoisotopic (exact) mass is 499 g/mol. The summed E-state index contributed by atoms with van der Waals surface area (Å²) in [5.41, 5.74) is 3.41. The molecule has 10 nitrogen and oxygen atoms in total. The van der Waals surface area contributed by atoms with Gasteiger partial charge in [-0.25, -0.2) is 15.0 Å². The van der Waals surface area contributed by atoms with Gasteiger partial charge < -0.3 is 24.7 Å². The number of ether oxygens (including phenoxy) is 1. The van der Waals surface area contributed by atoms with E-state index in [0.717, 1.165) is 72.3 Å². The molecule has 2 aliphatic heterocycles. The van der Waals surface area contributed by atoms with Crippen LogP contribution in [0.5, 0.6) is 0 Å². The molecule has 3 aromatic heterocycles. The van der Waals surface area contributed by atoms with Gasteiger partial charge in [0.2, 0.25) is 11.8 Å². The summed E-state index contributed by atoms with van der Waals surface area (Å²) in [4.78, 5) is 31.1. The number of anilines is 3. The normalized spacial score (nSPS) is 21.9. The van der Waals surface area contributed by atoms with Crippen molar-refractivity contribution in [1.29, 1.82) is 0 Å². The molecule has 1 aromatic carbocycles. The van der Waals surface area contributed by atoms with Crippen molar-refractivity contribution in [1.82, 2.24) is 19.9 Å². The fraction of sp³-hybridized carbons (Fsp3) is 0.407. The van der Waals surface area contributed by atoms with Crippen molar-refractivity contribution in [3.05, 3.63) is 36.7 Å². The van der Waals surface area contributed by atoms with Crippen LogP contribution in [0.3, 0.4) is 0 Å². The van der Waals surface area contributed by atoms with Crippen LogP contribution >= 0.6 is 0 Å². The average Bonchev–Trinajstić information content (AvgIpc) is 3.67. The largest absolute Gasteiger partial charge is 0.436 e. The molecule has 4 aromatic rings. The zero-order chi connectivity index (χ0) is 25.1. The van der Waals surface area contributed by atoms with E-state index in [9.17, 15) is 4.79 Å². The Labute approximate surface area is 214 Å². The molecule has 0 radical (unpaired) electrons. The molecule has 2 atom stereocenters. The first-order valence-corrected chi connectivity index (χ1v) is 12.8. The van der Waals surface area contributed by atoms with Gasteiger partial charge in [0.1, 0.15) is 17.2 Å². The zero-order valence-electron chi connectivity index (χ0n) is 20.9. The quantitative estimate of drug-likeness (QED) is 0.427. The number of pyridine rings is 2. The lowest BCUT2D eigenvalue weighted by Gasteiger charge is -2.48. The molecule has 1 aliphatic carbocycles. The Balaban J connectivity index is 1.25. The van der Waals surface area contributed by atoms with E-state index in [1.807, 2.05) is 19.2 Å². The molecule has 0 spiro atoms. The number of amides is 1. The van der Waals surface area contributed by atoms with Crippen LogP contribution in [0, 0.1) is 5.92 Å². The Hall–Kier alpha value is -3.76. The molecule has 2 unspecified atom stereocenters. The minimum Gasteiger partial charge on any atom is -0.436 e. The van der Waals surface area contributed by atoms with E-state index in [1.165, 1.54) is 0 Å². The predicted molar refractivity (Wildman–Crippen MR) is 142 cm³/mol. The summed E-state index contributed by atoms with van der Waals surface area (Å²) in [5.74, 6) is 1.82. The summed E-state index contributed by atoms with van der Waals surface area (Å²) in [5, 5.41) is 7.75. The second-order valence-electron chi connectivity index (χ2n) is 10.2. The van der Waals surface area contributed by atoms with Crippen LogP contribution in [0.15, 0.2) is 41.1 Å². The minimum absolute atomic E-state index is 0.0188. The Morgan fingerprint density at radius 2 is 1.86 bits per heavy atom. The van der Waals surface area contributed by atoms with E-state index >= 15 is 0 Å². The third-order valence-electron chi connectivity index (χ3n) is 7.81. The fourth-order valence-electron chi connectivity index (χ4n) is 5.41. The molecule has 1 amide bonds. The lowest BCUT2D eigenvalue weighted by Crippen LogP contribution is -2.63. The van der Waals surface area contributed by atoms with Crippen molar-refractivity contribution in [2.45, 2.75) is 24.9 Å².